The summed E-state index contributed by atoms with van der Waals surface area (Å²) < 4.78 is 0. The maximum atomic E-state index is 12.1. The van der Waals surface area contributed by atoms with Crippen LogP contribution < -0.4 is 10.6 Å². The van der Waals surface area contributed by atoms with Gasteiger partial charge in [-0.3, -0.25) is 4.79 Å². The molecule has 0 aromatic heterocycles. The average molecular weight is 270 g/mol. The summed E-state index contributed by atoms with van der Waals surface area (Å²) in [6, 6.07) is 12.5. The topological polar surface area (TPSA) is 61.4 Å². The predicted octanol–water partition coefficient (Wildman–Crippen LogP) is 2.67. The van der Waals surface area contributed by atoms with Crippen molar-refractivity contribution in [1.82, 2.24) is 5.32 Å². The number of aryl methyl sites for hydroxylation is 1. The number of benzene rings is 2. The highest BCUT2D eigenvalue weighted by atomic mass is 16.3. The van der Waals surface area contributed by atoms with Crippen LogP contribution in [0.2, 0.25) is 0 Å². The van der Waals surface area contributed by atoms with Crippen LogP contribution in [0.3, 0.4) is 0 Å². The van der Waals surface area contributed by atoms with E-state index in [0.717, 1.165) is 17.8 Å². The lowest BCUT2D eigenvalue weighted by atomic mass is 10.1. The summed E-state index contributed by atoms with van der Waals surface area (Å²) in [5.41, 5.74) is 3.07. The first-order valence-corrected chi connectivity index (χ1v) is 6.44. The molecular weight excluding hydrogens is 252 g/mol. The van der Waals surface area contributed by atoms with Gasteiger partial charge in [0.25, 0.3) is 5.91 Å². The van der Waals surface area contributed by atoms with E-state index in [1.807, 2.05) is 31.3 Å². The molecule has 0 heterocycles. The number of carbonyl (C=O) groups is 1. The van der Waals surface area contributed by atoms with Crippen LogP contribution in [0.4, 0.5) is 5.69 Å². The fourth-order valence-electron chi connectivity index (χ4n) is 1.96. The van der Waals surface area contributed by atoms with Gasteiger partial charge in [0.1, 0.15) is 5.75 Å². The summed E-state index contributed by atoms with van der Waals surface area (Å²) in [5, 5.41) is 15.4. The van der Waals surface area contributed by atoms with Gasteiger partial charge < -0.3 is 15.7 Å². The first-order chi connectivity index (χ1) is 9.60. The van der Waals surface area contributed by atoms with E-state index >= 15 is 0 Å². The van der Waals surface area contributed by atoms with E-state index in [0.29, 0.717) is 11.1 Å². The summed E-state index contributed by atoms with van der Waals surface area (Å²) in [4.78, 5) is 12.1. The third kappa shape index (κ3) is 3.36. The highest BCUT2D eigenvalue weighted by Crippen LogP contribution is 2.18. The smallest absolute Gasteiger partial charge is 0.255 e. The van der Waals surface area contributed by atoms with E-state index in [9.17, 15) is 9.90 Å². The van der Waals surface area contributed by atoms with Crippen molar-refractivity contribution in [2.24, 2.45) is 0 Å². The molecule has 0 radical (unpaired) electrons. The first kappa shape index (κ1) is 14.1. The molecule has 2 aromatic rings. The van der Waals surface area contributed by atoms with E-state index in [1.54, 1.807) is 19.1 Å². The third-order valence-electron chi connectivity index (χ3n) is 3.02. The van der Waals surface area contributed by atoms with Gasteiger partial charge in [-0.2, -0.15) is 0 Å². The Morgan fingerprint density at radius 3 is 2.70 bits per heavy atom. The number of carbonyl (C=O) groups excluding carboxylic acids is 1. The molecule has 0 aliphatic heterocycles. The van der Waals surface area contributed by atoms with Crippen LogP contribution in [-0.4, -0.2) is 18.1 Å². The van der Waals surface area contributed by atoms with Gasteiger partial charge in [-0.15, -0.1) is 0 Å². The molecule has 0 bridgehead atoms. The number of phenolic OH excluding ortho intramolecular Hbond substituents is 1. The molecule has 0 saturated heterocycles. The normalized spacial score (nSPS) is 10.3. The standard InChI is InChI=1S/C16H18N2O2/c1-11-8-13(6-7-15(11)19)16(20)18-14-5-3-4-12(9-14)10-17-2/h3-9,17,19H,10H2,1-2H3,(H,18,20). The Kier molecular flexibility index (Phi) is 4.38. The Morgan fingerprint density at radius 2 is 2.00 bits per heavy atom. The molecule has 0 saturated carbocycles. The van der Waals surface area contributed by atoms with Gasteiger partial charge in [0.05, 0.1) is 0 Å². The molecule has 1 amide bonds. The molecule has 4 heteroatoms. The minimum absolute atomic E-state index is 0.185. The largest absolute Gasteiger partial charge is 0.508 e. The van der Waals surface area contributed by atoms with E-state index in [1.165, 1.54) is 6.07 Å². The zero-order chi connectivity index (χ0) is 14.5. The SMILES string of the molecule is CNCc1cccc(NC(=O)c2ccc(O)c(C)c2)c1. The second-order valence-corrected chi connectivity index (χ2v) is 4.69. The van der Waals surface area contributed by atoms with Gasteiger partial charge in [-0.25, -0.2) is 0 Å². The highest BCUT2D eigenvalue weighted by Gasteiger charge is 2.08. The second-order valence-electron chi connectivity index (χ2n) is 4.69. The molecule has 4 nitrogen and oxygen atoms in total. The van der Waals surface area contributed by atoms with Crippen LogP contribution in [0, 0.1) is 6.92 Å². The minimum Gasteiger partial charge on any atom is -0.508 e. The molecule has 3 N–H and O–H groups in total. The van der Waals surface area contributed by atoms with Crippen LogP contribution in [0.1, 0.15) is 21.5 Å². The number of hydrogen-bond donors (Lipinski definition) is 3. The van der Waals surface area contributed by atoms with Gasteiger partial charge in [-0.05, 0) is 55.4 Å². The Bertz CT molecular complexity index is 624. The zero-order valence-electron chi connectivity index (χ0n) is 11.6. The quantitative estimate of drug-likeness (QED) is 0.800. The predicted molar refractivity (Wildman–Crippen MR) is 80.0 cm³/mol. The summed E-state index contributed by atoms with van der Waals surface area (Å²) in [6.07, 6.45) is 0. The fourth-order valence-corrected chi connectivity index (χ4v) is 1.96. The van der Waals surface area contributed by atoms with Crippen molar-refractivity contribution in [3.8, 4) is 5.75 Å². The van der Waals surface area contributed by atoms with E-state index in [4.69, 9.17) is 0 Å². The second kappa shape index (κ2) is 6.21. The molecular formula is C16H18N2O2. The number of amides is 1. The van der Waals surface area contributed by atoms with Crippen molar-refractivity contribution in [3.05, 3.63) is 59.2 Å². The zero-order valence-corrected chi connectivity index (χ0v) is 11.6. The van der Waals surface area contributed by atoms with Gasteiger partial charge in [0.2, 0.25) is 0 Å². The number of aromatic hydroxyl groups is 1. The van der Waals surface area contributed by atoms with Crippen LogP contribution in [0.25, 0.3) is 0 Å². The number of rotatable bonds is 4. The molecule has 0 unspecified atom stereocenters. The van der Waals surface area contributed by atoms with Crippen molar-refractivity contribution < 1.29 is 9.90 Å². The van der Waals surface area contributed by atoms with Gasteiger partial charge in [0, 0.05) is 17.8 Å². The maximum Gasteiger partial charge on any atom is 0.255 e. The lowest BCUT2D eigenvalue weighted by molar-refractivity contribution is 0.102. The van der Waals surface area contributed by atoms with Gasteiger partial charge in [0.15, 0.2) is 0 Å². The minimum atomic E-state index is -0.185. The fraction of sp³-hybridized carbons (Fsp3) is 0.188. The number of hydrogen-bond acceptors (Lipinski definition) is 3. The Balaban J connectivity index is 2.14. The summed E-state index contributed by atoms with van der Waals surface area (Å²) in [5.74, 6) is 0.00674. The highest BCUT2D eigenvalue weighted by molar-refractivity contribution is 6.04. The van der Waals surface area contributed by atoms with Gasteiger partial charge in [-0.1, -0.05) is 12.1 Å². The summed E-state index contributed by atoms with van der Waals surface area (Å²) in [7, 11) is 1.88. The molecule has 0 spiro atoms. The molecule has 2 rings (SSSR count). The monoisotopic (exact) mass is 270 g/mol. The maximum absolute atomic E-state index is 12.1. The summed E-state index contributed by atoms with van der Waals surface area (Å²) in [6.45, 7) is 2.52. The summed E-state index contributed by atoms with van der Waals surface area (Å²) >= 11 is 0. The molecule has 0 aliphatic rings. The van der Waals surface area contributed by atoms with Gasteiger partial charge >= 0.3 is 0 Å². The lowest BCUT2D eigenvalue weighted by Crippen LogP contribution is -2.12. The molecule has 0 fully saturated rings. The molecule has 20 heavy (non-hydrogen) atoms. The van der Waals surface area contributed by atoms with Crippen molar-refractivity contribution >= 4 is 11.6 Å². The molecule has 0 aliphatic carbocycles. The van der Waals surface area contributed by atoms with Crippen molar-refractivity contribution in [2.75, 3.05) is 12.4 Å². The lowest BCUT2D eigenvalue weighted by Gasteiger charge is -2.08. The van der Waals surface area contributed by atoms with E-state index in [2.05, 4.69) is 10.6 Å². The van der Waals surface area contributed by atoms with Crippen LogP contribution in [0.5, 0.6) is 5.75 Å². The van der Waals surface area contributed by atoms with Crippen molar-refractivity contribution in [2.45, 2.75) is 13.5 Å². The Labute approximate surface area is 118 Å². The number of phenols is 1. The van der Waals surface area contributed by atoms with E-state index in [-0.39, 0.29) is 11.7 Å². The molecule has 104 valence electrons. The van der Waals surface area contributed by atoms with Crippen LogP contribution in [-0.2, 0) is 6.54 Å². The van der Waals surface area contributed by atoms with Crippen molar-refractivity contribution in [3.63, 3.8) is 0 Å². The van der Waals surface area contributed by atoms with E-state index < -0.39 is 0 Å². The third-order valence-corrected chi connectivity index (χ3v) is 3.02. The average Bonchev–Trinajstić information content (AvgIpc) is 2.42. The van der Waals surface area contributed by atoms with Crippen molar-refractivity contribution in [1.29, 1.82) is 0 Å². The molecule has 2 aromatic carbocycles. The Hall–Kier alpha value is -2.33. The van der Waals surface area contributed by atoms with Crippen LogP contribution in [0.15, 0.2) is 42.5 Å². The number of nitrogens with one attached hydrogen (secondary N) is 2. The molecule has 0 atom stereocenters. The number of anilines is 1. The first-order valence-electron chi connectivity index (χ1n) is 6.44. The Morgan fingerprint density at radius 1 is 1.20 bits per heavy atom. The van der Waals surface area contributed by atoms with Crippen LogP contribution >= 0.6 is 0 Å².